The zero-order chi connectivity index (χ0) is 14.1. The minimum absolute atomic E-state index is 0.177. The topological polar surface area (TPSA) is 39.2 Å². The molecule has 0 saturated heterocycles. The second kappa shape index (κ2) is 9.32. The molecule has 0 amide bonds. The third kappa shape index (κ3) is 6.39. The van der Waals surface area contributed by atoms with Gasteiger partial charge >= 0.3 is 5.97 Å². The third-order valence-electron chi connectivity index (χ3n) is 2.76. The van der Waals surface area contributed by atoms with Crippen LogP contribution in [0.15, 0.2) is 16.7 Å². The largest absolute Gasteiger partial charge is 0.462 e. The Bertz CT molecular complexity index is 412. The Morgan fingerprint density at radius 2 is 2.00 bits per heavy atom. The van der Waals surface area contributed by atoms with E-state index in [0.717, 1.165) is 12.8 Å². The van der Waals surface area contributed by atoms with Gasteiger partial charge in [0.1, 0.15) is 5.15 Å². The molecule has 0 aliphatic heterocycles. The number of carbonyl (C=O) groups is 1. The van der Waals surface area contributed by atoms with E-state index >= 15 is 0 Å². The molecule has 0 spiro atoms. The van der Waals surface area contributed by atoms with Crippen LogP contribution in [-0.4, -0.2) is 17.6 Å². The SMILES string of the molecule is CCCCCCCCOC(=O)c1cc(Br)cnc1Cl. The van der Waals surface area contributed by atoms with Crippen LogP contribution in [0.1, 0.15) is 55.8 Å². The highest BCUT2D eigenvalue weighted by Crippen LogP contribution is 2.19. The summed E-state index contributed by atoms with van der Waals surface area (Å²) in [7, 11) is 0. The Labute approximate surface area is 127 Å². The molecule has 0 radical (unpaired) electrons. The van der Waals surface area contributed by atoms with Gasteiger partial charge in [-0.2, -0.15) is 0 Å². The van der Waals surface area contributed by atoms with Gasteiger partial charge < -0.3 is 4.74 Å². The average Bonchev–Trinajstić information content (AvgIpc) is 2.40. The molecule has 1 aromatic heterocycles. The molecule has 0 atom stereocenters. The Kier molecular flexibility index (Phi) is 8.07. The lowest BCUT2D eigenvalue weighted by Crippen LogP contribution is -2.08. The fourth-order valence-electron chi connectivity index (χ4n) is 1.69. The predicted octanol–water partition coefficient (Wildman–Crippen LogP) is 5.01. The fraction of sp³-hybridized carbons (Fsp3) is 0.571. The van der Waals surface area contributed by atoms with Crippen molar-refractivity contribution < 1.29 is 9.53 Å². The smallest absolute Gasteiger partial charge is 0.341 e. The second-order valence-corrected chi connectivity index (χ2v) is 5.67. The summed E-state index contributed by atoms with van der Waals surface area (Å²) in [4.78, 5) is 15.7. The van der Waals surface area contributed by atoms with Crippen molar-refractivity contribution in [2.45, 2.75) is 45.4 Å². The van der Waals surface area contributed by atoms with E-state index < -0.39 is 5.97 Å². The third-order valence-corrected chi connectivity index (χ3v) is 3.49. The quantitative estimate of drug-likeness (QED) is 0.376. The zero-order valence-electron chi connectivity index (χ0n) is 11.1. The van der Waals surface area contributed by atoms with Gasteiger partial charge in [-0.1, -0.05) is 50.6 Å². The maximum Gasteiger partial charge on any atom is 0.341 e. The van der Waals surface area contributed by atoms with Gasteiger partial charge in [0, 0.05) is 10.7 Å². The highest BCUT2D eigenvalue weighted by Gasteiger charge is 2.13. The number of carbonyl (C=O) groups excluding carboxylic acids is 1. The van der Waals surface area contributed by atoms with Crippen molar-refractivity contribution in [3.63, 3.8) is 0 Å². The first-order valence-electron chi connectivity index (χ1n) is 6.63. The van der Waals surface area contributed by atoms with E-state index in [-0.39, 0.29) is 5.15 Å². The second-order valence-electron chi connectivity index (χ2n) is 4.40. The summed E-state index contributed by atoms with van der Waals surface area (Å²) >= 11 is 9.11. The molecule has 0 fully saturated rings. The lowest BCUT2D eigenvalue weighted by atomic mass is 10.1. The minimum atomic E-state index is -0.410. The van der Waals surface area contributed by atoms with Crippen molar-refractivity contribution in [2.75, 3.05) is 6.61 Å². The van der Waals surface area contributed by atoms with E-state index in [0.29, 0.717) is 16.6 Å². The number of pyridine rings is 1. The normalized spacial score (nSPS) is 10.5. The van der Waals surface area contributed by atoms with E-state index in [4.69, 9.17) is 16.3 Å². The number of unbranched alkanes of at least 4 members (excludes halogenated alkanes) is 5. The van der Waals surface area contributed by atoms with Crippen LogP contribution < -0.4 is 0 Å². The first-order valence-corrected chi connectivity index (χ1v) is 7.80. The van der Waals surface area contributed by atoms with Crippen LogP contribution in [0.5, 0.6) is 0 Å². The maximum absolute atomic E-state index is 11.8. The van der Waals surface area contributed by atoms with E-state index in [9.17, 15) is 4.79 Å². The van der Waals surface area contributed by atoms with Gasteiger partial charge in [-0.15, -0.1) is 0 Å². The highest BCUT2D eigenvalue weighted by atomic mass is 79.9. The van der Waals surface area contributed by atoms with Crippen molar-refractivity contribution in [1.29, 1.82) is 0 Å². The number of hydrogen-bond donors (Lipinski definition) is 0. The Morgan fingerprint density at radius 3 is 2.74 bits per heavy atom. The lowest BCUT2D eigenvalue weighted by molar-refractivity contribution is 0.0497. The molecule has 0 aliphatic rings. The molecular formula is C14H19BrClNO2. The van der Waals surface area contributed by atoms with Crippen LogP contribution in [0.4, 0.5) is 0 Å². The molecule has 1 rings (SSSR count). The van der Waals surface area contributed by atoms with Crippen LogP contribution in [0, 0.1) is 0 Å². The van der Waals surface area contributed by atoms with Gasteiger partial charge in [0.15, 0.2) is 0 Å². The van der Waals surface area contributed by atoms with Crippen molar-refractivity contribution in [2.24, 2.45) is 0 Å². The minimum Gasteiger partial charge on any atom is -0.462 e. The van der Waals surface area contributed by atoms with Crippen LogP contribution in [0.2, 0.25) is 5.15 Å². The molecule has 0 bridgehead atoms. The zero-order valence-corrected chi connectivity index (χ0v) is 13.5. The number of rotatable bonds is 8. The summed E-state index contributed by atoms with van der Waals surface area (Å²) in [6, 6.07) is 1.62. The van der Waals surface area contributed by atoms with Gasteiger partial charge in [-0.05, 0) is 28.4 Å². The van der Waals surface area contributed by atoms with E-state index in [1.54, 1.807) is 12.3 Å². The number of halogens is 2. The molecule has 0 aromatic carbocycles. The number of aromatic nitrogens is 1. The lowest BCUT2D eigenvalue weighted by Gasteiger charge is -2.06. The monoisotopic (exact) mass is 347 g/mol. The maximum atomic E-state index is 11.8. The van der Waals surface area contributed by atoms with E-state index in [2.05, 4.69) is 27.8 Å². The van der Waals surface area contributed by atoms with Gasteiger partial charge in [0.25, 0.3) is 0 Å². The fourth-order valence-corrected chi connectivity index (χ4v) is 2.20. The molecule has 1 aromatic rings. The average molecular weight is 349 g/mol. The van der Waals surface area contributed by atoms with Gasteiger partial charge in [0.05, 0.1) is 12.2 Å². The molecule has 5 heteroatoms. The van der Waals surface area contributed by atoms with Crippen LogP contribution in [0.25, 0.3) is 0 Å². The standard InChI is InChI=1S/C14H19BrClNO2/c1-2-3-4-5-6-7-8-19-14(18)12-9-11(15)10-17-13(12)16/h9-10H,2-8H2,1H3. The molecular weight excluding hydrogens is 330 g/mol. The molecule has 0 N–H and O–H groups in total. The molecule has 0 unspecified atom stereocenters. The Hall–Kier alpha value is -0.610. The van der Waals surface area contributed by atoms with Crippen molar-refractivity contribution >= 4 is 33.5 Å². The first kappa shape index (κ1) is 16.4. The summed E-state index contributed by atoms with van der Waals surface area (Å²) < 4.78 is 5.90. The number of hydrogen-bond acceptors (Lipinski definition) is 3. The highest BCUT2D eigenvalue weighted by molar-refractivity contribution is 9.10. The molecule has 19 heavy (non-hydrogen) atoms. The summed E-state index contributed by atoms with van der Waals surface area (Å²) in [6.07, 6.45) is 8.51. The van der Waals surface area contributed by atoms with Crippen molar-refractivity contribution in [3.8, 4) is 0 Å². The van der Waals surface area contributed by atoms with E-state index in [1.807, 2.05) is 0 Å². The summed E-state index contributed by atoms with van der Waals surface area (Å²) in [6.45, 7) is 2.63. The van der Waals surface area contributed by atoms with Gasteiger partial charge in [-0.3, -0.25) is 0 Å². The van der Waals surface area contributed by atoms with Crippen LogP contribution in [0.3, 0.4) is 0 Å². The van der Waals surface area contributed by atoms with Gasteiger partial charge in [-0.25, -0.2) is 9.78 Å². The van der Waals surface area contributed by atoms with Crippen molar-refractivity contribution in [1.82, 2.24) is 4.98 Å². The molecule has 1 heterocycles. The Morgan fingerprint density at radius 1 is 1.32 bits per heavy atom. The summed E-state index contributed by atoms with van der Waals surface area (Å²) in [5, 5.41) is 0.177. The first-order chi connectivity index (χ1) is 9.15. The van der Waals surface area contributed by atoms with Crippen LogP contribution in [-0.2, 0) is 4.74 Å². The van der Waals surface area contributed by atoms with Crippen LogP contribution >= 0.6 is 27.5 Å². The number of ether oxygens (including phenoxy) is 1. The summed E-state index contributed by atoms with van der Waals surface area (Å²) in [5.74, 6) is -0.410. The molecule has 0 aliphatic carbocycles. The van der Waals surface area contributed by atoms with Gasteiger partial charge in [0.2, 0.25) is 0 Å². The van der Waals surface area contributed by atoms with E-state index in [1.165, 1.54) is 25.7 Å². The molecule has 106 valence electrons. The molecule has 0 saturated carbocycles. The number of esters is 1. The summed E-state index contributed by atoms with van der Waals surface area (Å²) in [5.41, 5.74) is 0.307. The Balaban J connectivity index is 2.26. The molecule has 3 nitrogen and oxygen atoms in total. The van der Waals surface area contributed by atoms with Crippen molar-refractivity contribution in [3.05, 3.63) is 27.5 Å². The number of nitrogens with zero attached hydrogens (tertiary/aromatic N) is 1. The predicted molar refractivity (Wildman–Crippen MR) is 80.6 cm³/mol.